The van der Waals surface area contributed by atoms with Crippen LogP contribution >= 0.6 is 0 Å². The third kappa shape index (κ3) is 4.26. The number of aryl methyl sites for hydroxylation is 1. The number of carboxylic acids is 1. The van der Waals surface area contributed by atoms with Crippen molar-refractivity contribution < 1.29 is 14.7 Å². The van der Waals surface area contributed by atoms with E-state index in [0.717, 1.165) is 0 Å². The van der Waals surface area contributed by atoms with E-state index in [-0.39, 0.29) is 18.2 Å². The molecule has 0 spiro atoms. The van der Waals surface area contributed by atoms with Crippen molar-refractivity contribution in [3.05, 3.63) is 18.7 Å². The van der Waals surface area contributed by atoms with Crippen molar-refractivity contribution in [2.45, 2.75) is 32.9 Å². The highest BCUT2D eigenvalue weighted by molar-refractivity contribution is 5.83. The van der Waals surface area contributed by atoms with Crippen molar-refractivity contribution in [3.63, 3.8) is 0 Å². The highest BCUT2D eigenvalue weighted by Crippen LogP contribution is 2.02. The minimum absolute atomic E-state index is 0.135. The summed E-state index contributed by atoms with van der Waals surface area (Å²) in [4.78, 5) is 26.3. The van der Waals surface area contributed by atoms with Crippen molar-refractivity contribution in [3.8, 4) is 0 Å². The standard InChI is InChI=1S/C11H17N3O3/c1-8(2)10(11(16)17)13-9(15)3-5-14-6-4-12-7-14/h4,6-8,10H,3,5H2,1-2H3,(H,13,15)(H,16,17)/t10-/m0/s1. The number of imidazole rings is 1. The lowest BCUT2D eigenvalue weighted by molar-refractivity contribution is -0.143. The average Bonchev–Trinajstić information content (AvgIpc) is 2.74. The Hall–Kier alpha value is -1.85. The second-order valence-corrected chi connectivity index (χ2v) is 4.18. The second kappa shape index (κ2) is 6.03. The molecule has 0 bridgehead atoms. The summed E-state index contributed by atoms with van der Waals surface area (Å²) in [5.74, 6) is -1.40. The minimum Gasteiger partial charge on any atom is -0.480 e. The summed E-state index contributed by atoms with van der Waals surface area (Å²) in [6, 6.07) is -0.828. The zero-order valence-corrected chi connectivity index (χ0v) is 9.96. The summed E-state index contributed by atoms with van der Waals surface area (Å²) in [5, 5.41) is 11.4. The van der Waals surface area contributed by atoms with Crippen LogP contribution in [0.25, 0.3) is 0 Å². The molecule has 2 N–H and O–H groups in total. The number of nitrogens with zero attached hydrogens (tertiary/aromatic N) is 2. The van der Waals surface area contributed by atoms with E-state index < -0.39 is 12.0 Å². The lowest BCUT2D eigenvalue weighted by Gasteiger charge is -2.17. The van der Waals surface area contributed by atoms with Gasteiger partial charge in [0, 0.05) is 25.4 Å². The monoisotopic (exact) mass is 239 g/mol. The molecule has 0 aliphatic carbocycles. The second-order valence-electron chi connectivity index (χ2n) is 4.18. The molecule has 0 fully saturated rings. The van der Waals surface area contributed by atoms with Gasteiger partial charge in [-0.3, -0.25) is 4.79 Å². The van der Waals surface area contributed by atoms with Gasteiger partial charge >= 0.3 is 5.97 Å². The number of hydrogen-bond donors (Lipinski definition) is 2. The molecule has 1 atom stereocenters. The number of carboxylic acid groups (broad SMARTS) is 1. The van der Waals surface area contributed by atoms with Crippen molar-refractivity contribution in [2.24, 2.45) is 5.92 Å². The molecule has 17 heavy (non-hydrogen) atoms. The Bertz CT molecular complexity index is 373. The summed E-state index contributed by atoms with van der Waals surface area (Å²) in [6.07, 6.45) is 5.24. The van der Waals surface area contributed by atoms with Gasteiger partial charge < -0.3 is 15.0 Å². The molecule has 1 amide bonds. The van der Waals surface area contributed by atoms with Gasteiger partial charge in [0.1, 0.15) is 6.04 Å². The number of hydrogen-bond acceptors (Lipinski definition) is 3. The molecule has 1 heterocycles. The molecule has 0 unspecified atom stereocenters. The van der Waals surface area contributed by atoms with Gasteiger partial charge in [-0.25, -0.2) is 9.78 Å². The first-order valence-corrected chi connectivity index (χ1v) is 5.48. The minimum atomic E-state index is -1.00. The van der Waals surface area contributed by atoms with Crippen molar-refractivity contribution in [1.29, 1.82) is 0 Å². The lowest BCUT2D eigenvalue weighted by Crippen LogP contribution is -2.44. The Kier molecular flexibility index (Phi) is 4.68. The zero-order valence-electron chi connectivity index (χ0n) is 9.96. The van der Waals surface area contributed by atoms with E-state index in [0.29, 0.717) is 6.54 Å². The molecule has 1 rings (SSSR count). The molecule has 0 saturated carbocycles. The fourth-order valence-corrected chi connectivity index (χ4v) is 1.41. The van der Waals surface area contributed by atoms with Crippen LogP contribution in [0.2, 0.25) is 0 Å². The van der Waals surface area contributed by atoms with Crippen molar-refractivity contribution in [1.82, 2.24) is 14.9 Å². The van der Waals surface area contributed by atoms with Crippen LogP contribution in [0.15, 0.2) is 18.7 Å². The van der Waals surface area contributed by atoms with E-state index in [4.69, 9.17) is 5.11 Å². The van der Waals surface area contributed by atoms with Crippen LogP contribution in [0.4, 0.5) is 0 Å². The Morgan fingerprint density at radius 2 is 2.18 bits per heavy atom. The first-order valence-electron chi connectivity index (χ1n) is 5.48. The normalized spacial score (nSPS) is 12.4. The molecule has 1 aromatic rings. The van der Waals surface area contributed by atoms with Crippen LogP contribution in [-0.4, -0.2) is 32.6 Å². The Labute approximate surface area is 99.7 Å². The molecule has 0 aromatic carbocycles. The van der Waals surface area contributed by atoms with Crippen LogP contribution < -0.4 is 5.32 Å². The highest BCUT2D eigenvalue weighted by atomic mass is 16.4. The van der Waals surface area contributed by atoms with Gasteiger partial charge in [0.25, 0.3) is 0 Å². The van der Waals surface area contributed by atoms with E-state index >= 15 is 0 Å². The molecule has 1 aromatic heterocycles. The number of rotatable bonds is 6. The number of amides is 1. The summed E-state index contributed by atoms with van der Waals surface area (Å²) >= 11 is 0. The lowest BCUT2D eigenvalue weighted by atomic mass is 10.0. The smallest absolute Gasteiger partial charge is 0.326 e. The average molecular weight is 239 g/mol. The number of carbonyl (C=O) groups is 2. The van der Waals surface area contributed by atoms with Crippen LogP contribution in [0, 0.1) is 5.92 Å². The van der Waals surface area contributed by atoms with E-state index in [2.05, 4.69) is 10.3 Å². The first kappa shape index (κ1) is 13.2. The van der Waals surface area contributed by atoms with Gasteiger partial charge in [0.2, 0.25) is 5.91 Å². The molecule has 94 valence electrons. The quantitative estimate of drug-likeness (QED) is 0.757. The van der Waals surface area contributed by atoms with Crippen LogP contribution in [0.1, 0.15) is 20.3 Å². The number of nitrogens with one attached hydrogen (secondary N) is 1. The summed E-state index contributed by atoms with van der Waals surface area (Å²) < 4.78 is 1.77. The first-order chi connectivity index (χ1) is 8.00. The van der Waals surface area contributed by atoms with Crippen LogP contribution in [-0.2, 0) is 16.1 Å². The van der Waals surface area contributed by atoms with Gasteiger partial charge in [0.15, 0.2) is 0 Å². The molecule has 0 saturated heterocycles. The molecule has 0 aliphatic heterocycles. The molecular formula is C11H17N3O3. The fraction of sp³-hybridized carbons (Fsp3) is 0.545. The Morgan fingerprint density at radius 3 is 2.65 bits per heavy atom. The topological polar surface area (TPSA) is 84.2 Å². The number of aliphatic carboxylic acids is 1. The third-order valence-electron chi connectivity index (χ3n) is 2.41. The fourth-order valence-electron chi connectivity index (χ4n) is 1.41. The summed E-state index contributed by atoms with van der Waals surface area (Å²) in [5.41, 5.74) is 0. The van der Waals surface area contributed by atoms with Crippen molar-refractivity contribution in [2.75, 3.05) is 0 Å². The van der Waals surface area contributed by atoms with E-state index in [1.165, 1.54) is 0 Å². The molecule has 0 aliphatic rings. The van der Waals surface area contributed by atoms with Gasteiger partial charge in [-0.2, -0.15) is 0 Å². The Balaban J connectivity index is 2.40. The van der Waals surface area contributed by atoms with Gasteiger partial charge in [-0.15, -0.1) is 0 Å². The maximum Gasteiger partial charge on any atom is 0.326 e. The maximum atomic E-state index is 11.5. The SMILES string of the molecule is CC(C)[C@H](NC(=O)CCn1ccnc1)C(=O)O. The highest BCUT2D eigenvalue weighted by Gasteiger charge is 2.22. The van der Waals surface area contributed by atoms with Gasteiger partial charge in [-0.05, 0) is 5.92 Å². The predicted octanol–water partition coefficient (Wildman–Crippen LogP) is 0.499. The summed E-state index contributed by atoms with van der Waals surface area (Å²) in [6.45, 7) is 4.01. The maximum absolute atomic E-state index is 11.5. The van der Waals surface area contributed by atoms with E-state index in [1.807, 2.05) is 0 Å². The van der Waals surface area contributed by atoms with Gasteiger partial charge in [0.05, 0.1) is 6.33 Å². The van der Waals surface area contributed by atoms with Crippen LogP contribution in [0.5, 0.6) is 0 Å². The predicted molar refractivity (Wildman–Crippen MR) is 61.2 cm³/mol. The molecular weight excluding hydrogens is 222 g/mol. The van der Waals surface area contributed by atoms with Crippen LogP contribution in [0.3, 0.4) is 0 Å². The van der Waals surface area contributed by atoms with E-state index in [1.54, 1.807) is 37.1 Å². The molecule has 0 radical (unpaired) electrons. The third-order valence-corrected chi connectivity index (χ3v) is 2.41. The summed E-state index contributed by atoms with van der Waals surface area (Å²) in [7, 11) is 0. The molecule has 6 nitrogen and oxygen atoms in total. The van der Waals surface area contributed by atoms with Gasteiger partial charge in [-0.1, -0.05) is 13.8 Å². The number of aromatic nitrogens is 2. The Morgan fingerprint density at radius 1 is 1.47 bits per heavy atom. The van der Waals surface area contributed by atoms with Crippen molar-refractivity contribution >= 4 is 11.9 Å². The zero-order chi connectivity index (χ0) is 12.8. The largest absolute Gasteiger partial charge is 0.480 e. The number of carbonyl (C=O) groups excluding carboxylic acids is 1. The molecule has 6 heteroatoms. The van der Waals surface area contributed by atoms with E-state index in [9.17, 15) is 9.59 Å².